The molecule has 1 saturated heterocycles. The summed E-state index contributed by atoms with van der Waals surface area (Å²) in [5.74, 6) is -0.882. The van der Waals surface area contributed by atoms with E-state index in [1.54, 1.807) is 13.8 Å². The summed E-state index contributed by atoms with van der Waals surface area (Å²) >= 11 is 4.96. The minimum absolute atomic E-state index is 0.142. The molecule has 1 aliphatic heterocycles. The summed E-state index contributed by atoms with van der Waals surface area (Å²) in [6.45, 7) is 3.39. The van der Waals surface area contributed by atoms with Crippen LogP contribution in [-0.4, -0.2) is 27.2 Å². The van der Waals surface area contributed by atoms with Gasteiger partial charge < -0.3 is 5.73 Å². The van der Waals surface area contributed by atoms with Crippen molar-refractivity contribution in [1.82, 2.24) is 4.90 Å². The van der Waals surface area contributed by atoms with E-state index in [9.17, 15) is 9.59 Å². The zero-order valence-corrected chi connectivity index (χ0v) is 11.7. The summed E-state index contributed by atoms with van der Waals surface area (Å²) in [6, 6.07) is 9.30. The molecule has 1 unspecified atom stereocenters. The van der Waals surface area contributed by atoms with Gasteiger partial charge in [0.25, 0.3) is 0 Å². The van der Waals surface area contributed by atoms with Crippen molar-refractivity contribution in [2.45, 2.75) is 31.7 Å². The van der Waals surface area contributed by atoms with Crippen LogP contribution < -0.4 is 5.73 Å². The molecule has 1 aromatic rings. The largest absolute Gasteiger partial charge is 0.391 e. The van der Waals surface area contributed by atoms with Gasteiger partial charge >= 0.3 is 0 Å². The number of likely N-dealkylation sites (tertiary alicyclic amines) is 1. The van der Waals surface area contributed by atoms with Crippen molar-refractivity contribution < 1.29 is 9.59 Å². The van der Waals surface area contributed by atoms with Crippen LogP contribution in [0, 0.1) is 0 Å². The molecule has 0 aromatic heterocycles. The van der Waals surface area contributed by atoms with Crippen molar-refractivity contribution >= 4 is 29.0 Å². The molecule has 1 aromatic carbocycles. The average Bonchev–Trinajstić information content (AvgIpc) is 2.66. The molecule has 5 heteroatoms. The standard InChI is InChI=1S/C14H16N2O2S/c1-14(2,13(15)19)16-11(17)8-10(12(16)18)9-6-4-3-5-7-9/h3-7,10H,8H2,1-2H3,(H2,15,19). The minimum atomic E-state index is -0.924. The first-order chi connectivity index (χ1) is 8.85. The molecule has 1 atom stereocenters. The average molecular weight is 276 g/mol. The van der Waals surface area contributed by atoms with Crippen LogP contribution in [0.25, 0.3) is 0 Å². The summed E-state index contributed by atoms with van der Waals surface area (Å²) < 4.78 is 0. The van der Waals surface area contributed by atoms with Gasteiger partial charge in [0, 0.05) is 6.42 Å². The fraction of sp³-hybridized carbons (Fsp3) is 0.357. The maximum Gasteiger partial charge on any atom is 0.238 e. The van der Waals surface area contributed by atoms with Crippen LogP contribution in [0.3, 0.4) is 0 Å². The second-order valence-corrected chi connectivity index (χ2v) is 5.60. The molecular formula is C14H16N2O2S. The Morgan fingerprint density at radius 2 is 1.89 bits per heavy atom. The fourth-order valence-electron chi connectivity index (χ4n) is 2.28. The van der Waals surface area contributed by atoms with Gasteiger partial charge in [0.2, 0.25) is 11.8 Å². The Balaban J connectivity index is 2.35. The van der Waals surface area contributed by atoms with Gasteiger partial charge in [0.1, 0.15) is 0 Å². The molecule has 0 spiro atoms. The normalized spacial score (nSPS) is 19.9. The number of imide groups is 1. The highest BCUT2D eigenvalue weighted by atomic mass is 32.1. The second-order valence-electron chi connectivity index (χ2n) is 5.16. The van der Waals surface area contributed by atoms with Crippen molar-refractivity contribution in [2.75, 3.05) is 0 Å². The molecule has 4 nitrogen and oxygen atoms in total. The van der Waals surface area contributed by atoms with Gasteiger partial charge in [0.05, 0.1) is 16.4 Å². The van der Waals surface area contributed by atoms with Crippen molar-refractivity contribution in [3.63, 3.8) is 0 Å². The molecule has 1 heterocycles. The Kier molecular flexibility index (Phi) is 3.41. The smallest absolute Gasteiger partial charge is 0.238 e. The molecular weight excluding hydrogens is 260 g/mol. The Bertz CT molecular complexity index is 540. The lowest BCUT2D eigenvalue weighted by Gasteiger charge is -2.33. The van der Waals surface area contributed by atoms with Gasteiger partial charge in [-0.05, 0) is 19.4 Å². The highest BCUT2D eigenvalue weighted by molar-refractivity contribution is 7.80. The van der Waals surface area contributed by atoms with Crippen molar-refractivity contribution in [2.24, 2.45) is 5.73 Å². The molecule has 0 aliphatic carbocycles. The van der Waals surface area contributed by atoms with Gasteiger partial charge in [0.15, 0.2) is 0 Å². The van der Waals surface area contributed by atoms with Gasteiger partial charge in [-0.1, -0.05) is 42.5 Å². The summed E-state index contributed by atoms with van der Waals surface area (Å²) in [5.41, 5.74) is 5.57. The van der Waals surface area contributed by atoms with Crippen molar-refractivity contribution in [1.29, 1.82) is 0 Å². The van der Waals surface area contributed by atoms with Crippen molar-refractivity contribution in [3.8, 4) is 0 Å². The van der Waals surface area contributed by atoms with Crippen LogP contribution in [0.2, 0.25) is 0 Å². The molecule has 0 saturated carbocycles. The van der Waals surface area contributed by atoms with E-state index in [1.165, 1.54) is 4.90 Å². The predicted molar refractivity (Wildman–Crippen MR) is 76.5 cm³/mol. The predicted octanol–water partition coefficient (Wildman–Crippen LogP) is 1.59. The summed E-state index contributed by atoms with van der Waals surface area (Å²) in [7, 11) is 0. The van der Waals surface area contributed by atoms with E-state index in [0.717, 1.165) is 5.56 Å². The Morgan fingerprint density at radius 3 is 2.42 bits per heavy atom. The van der Waals surface area contributed by atoms with E-state index in [0.29, 0.717) is 0 Å². The van der Waals surface area contributed by atoms with E-state index >= 15 is 0 Å². The number of nitrogens with two attached hydrogens (primary N) is 1. The zero-order valence-electron chi connectivity index (χ0n) is 10.9. The number of amides is 2. The first-order valence-electron chi connectivity index (χ1n) is 6.07. The van der Waals surface area contributed by atoms with Crippen LogP contribution in [0.15, 0.2) is 30.3 Å². The monoisotopic (exact) mass is 276 g/mol. The van der Waals surface area contributed by atoms with Gasteiger partial charge in [-0.2, -0.15) is 0 Å². The number of hydrogen-bond acceptors (Lipinski definition) is 3. The third-order valence-electron chi connectivity index (χ3n) is 3.51. The lowest BCUT2D eigenvalue weighted by atomic mass is 9.97. The number of rotatable bonds is 3. The summed E-state index contributed by atoms with van der Waals surface area (Å²) in [4.78, 5) is 25.9. The highest BCUT2D eigenvalue weighted by Gasteiger charge is 2.47. The molecule has 0 radical (unpaired) electrons. The zero-order chi connectivity index (χ0) is 14.2. The summed E-state index contributed by atoms with van der Waals surface area (Å²) in [6.07, 6.45) is 0.175. The highest BCUT2D eigenvalue weighted by Crippen LogP contribution is 2.34. The van der Waals surface area contributed by atoms with Crippen LogP contribution in [-0.2, 0) is 9.59 Å². The quantitative estimate of drug-likeness (QED) is 0.672. The van der Waals surface area contributed by atoms with Gasteiger partial charge in [-0.3, -0.25) is 14.5 Å². The fourth-order valence-corrected chi connectivity index (χ4v) is 2.37. The Labute approximate surface area is 117 Å². The van der Waals surface area contributed by atoms with E-state index in [1.807, 2.05) is 30.3 Å². The summed E-state index contributed by atoms with van der Waals surface area (Å²) in [5, 5.41) is 0. The molecule has 100 valence electrons. The van der Waals surface area contributed by atoms with Gasteiger partial charge in [-0.25, -0.2) is 0 Å². The molecule has 19 heavy (non-hydrogen) atoms. The number of thiocarbonyl (C=S) groups is 1. The van der Waals surface area contributed by atoms with E-state index in [2.05, 4.69) is 0 Å². The second kappa shape index (κ2) is 4.74. The molecule has 1 aliphatic rings. The number of benzene rings is 1. The maximum absolute atomic E-state index is 12.5. The lowest BCUT2D eigenvalue weighted by molar-refractivity contribution is -0.142. The van der Waals surface area contributed by atoms with E-state index in [-0.39, 0.29) is 23.2 Å². The van der Waals surface area contributed by atoms with Crippen molar-refractivity contribution in [3.05, 3.63) is 35.9 Å². The molecule has 2 rings (SSSR count). The van der Waals surface area contributed by atoms with Crippen LogP contribution in [0.4, 0.5) is 0 Å². The third kappa shape index (κ3) is 2.26. The number of nitrogens with zero attached hydrogens (tertiary/aromatic N) is 1. The minimum Gasteiger partial charge on any atom is -0.391 e. The maximum atomic E-state index is 12.5. The van der Waals surface area contributed by atoms with E-state index < -0.39 is 11.5 Å². The first kappa shape index (κ1) is 13.7. The molecule has 2 N–H and O–H groups in total. The Morgan fingerprint density at radius 1 is 1.32 bits per heavy atom. The van der Waals surface area contributed by atoms with Crippen LogP contribution >= 0.6 is 12.2 Å². The lowest BCUT2D eigenvalue weighted by Crippen LogP contribution is -2.55. The third-order valence-corrected chi connectivity index (χ3v) is 4.01. The number of carbonyl (C=O) groups is 2. The number of hydrogen-bond donors (Lipinski definition) is 1. The molecule has 2 amide bonds. The first-order valence-corrected chi connectivity index (χ1v) is 6.48. The topological polar surface area (TPSA) is 63.4 Å². The Hall–Kier alpha value is -1.75. The van der Waals surface area contributed by atoms with Gasteiger partial charge in [-0.15, -0.1) is 0 Å². The SMILES string of the molecule is CC(C)(C(N)=S)N1C(=O)CC(c2ccccc2)C1=O. The molecule has 1 fully saturated rings. The molecule has 0 bridgehead atoms. The number of carbonyl (C=O) groups excluding carboxylic acids is 2. The van der Waals surface area contributed by atoms with Crippen LogP contribution in [0.1, 0.15) is 31.7 Å². The van der Waals surface area contributed by atoms with E-state index in [4.69, 9.17) is 18.0 Å². The van der Waals surface area contributed by atoms with Crippen LogP contribution in [0.5, 0.6) is 0 Å².